The van der Waals surface area contributed by atoms with E-state index in [9.17, 15) is 9.59 Å². The summed E-state index contributed by atoms with van der Waals surface area (Å²) in [5, 5.41) is 10.8. The molecule has 0 aliphatic carbocycles. The number of rotatable bonds is 6. The zero-order chi connectivity index (χ0) is 18.5. The van der Waals surface area contributed by atoms with Crippen LogP contribution in [-0.4, -0.2) is 25.8 Å². The lowest BCUT2D eigenvalue weighted by Crippen LogP contribution is -2.26. The minimum Gasteiger partial charge on any atom is -0.339 e. The normalized spacial score (nSPS) is 10.7. The molecule has 0 bridgehead atoms. The van der Waals surface area contributed by atoms with Gasteiger partial charge in [-0.05, 0) is 24.6 Å². The Kier molecular flexibility index (Phi) is 5.21. The fourth-order valence-corrected chi connectivity index (χ4v) is 2.42. The van der Waals surface area contributed by atoms with Gasteiger partial charge in [-0.3, -0.25) is 9.59 Å². The van der Waals surface area contributed by atoms with Gasteiger partial charge in [0.25, 0.3) is 11.5 Å². The first-order valence-electron chi connectivity index (χ1n) is 8.37. The molecular formula is C18H19N5O3. The van der Waals surface area contributed by atoms with Crippen molar-refractivity contribution in [3.63, 3.8) is 0 Å². The van der Waals surface area contributed by atoms with E-state index in [4.69, 9.17) is 4.52 Å². The molecule has 2 heterocycles. The van der Waals surface area contributed by atoms with Crippen molar-refractivity contribution < 1.29 is 9.32 Å². The van der Waals surface area contributed by atoms with E-state index in [1.807, 2.05) is 13.0 Å². The van der Waals surface area contributed by atoms with Gasteiger partial charge >= 0.3 is 0 Å². The summed E-state index contributed by atoms with van der Waals surface area (Å²) >= 11 is 0. The number of amides is 1. The van der Waals surface area contributed by atoms with E-state index in [2.05, 4.69) is 20.6 Å². The van der Waals surface area contributed by atoms with E-state index >= 15 is 0 Å². The van der Waals surface area contributed by atoms with E-state index in [0.29, 0.717) is 29.5 Å². The fraction of sp³-hybridized carbons (Fsp3) is 0.278. The first kappa shape index (κ1) is 17.5. The second kappa shape index (κ2) is 7.73. The van der Waals surface area contributed by atoms with Gasteiger partial charge in [0.05, 0.1) is 5.69 Å². The summed E-state index contributed by atoms with van der Waals surface area (Å²) < 4.78 is 6.32. The van der Waals surface area contributed by atoms with E-state index in [-0.39, 0.29) is 11.3 Å². The number of para-hydroxylation sites is 1. The van der Waals surface area contributed by atoms with Crippen LogP contribution in [0.25, 0.3) is 11.4 Å². The maximum Gasteiger partial charge on any atom is 0.276 e. The third-order valence-electron chi connectivity index (χ3n) is 3.77. The molecule has 8 heteroatoms. The largest absolute Gasteiger partial charge is 0.339 e. The van der Waals surface area contributed by atoms with Crippen LogP contribution < -0.4 is 10.9 Å². The Morgan fingerprint density at radius 1 is 1.23 bits per heavy atom. The topological polar surface area (TPSA) is 103 Å². The van der Waals surface area contributed by atoms with Gasteiger partial charge in [-0.15, -0.1) is 0 Å². The van der Waals surface area contributed by atoms with Crippen molar-refractivity contribution in [3.8, 4) is 11.4 Å². The van der Waals surface area contributed by atoms with Crippen molar-refractivity contribution in [1.29, 1.82) is 0 Å². The van der Waals surface area contributed by atoms with Crippen LogP contribution in [0.15, 0.2) is 45.7 Å². The van der Waals surface area contributed by atoms with Crippen LogP contribution in [0.1, 0.15) is 36.1 Å². The molecule has 0 saturated heterocycles. The summed E-state index contributed by atoms with van der Waals surface area (Å²) in [5.41, 5.74) is 1.11. The second-order valence-corrected chi connectivity index (χ2v) is 5.77. The number of aryl methyl sites for hydroxylation is 2. The Labute approximate surface area is 149 Å². The van der Waals surface area contributed by atoms with Crippen molar-refractivity contribution in [2.75, 3.05) is 5.32 Å². The number of aromatic nitrogens is 4. The van der Waals surface area contributed by atoms with Crippen LogP contribution in [-0.2, 0) is 6.54 Å². The van der Waals surface area contributed by atoms with Crippen molar-refractivity contribution in [1.82, 2.24) is 19.9 Å². The molecule has 0 aliphatic rings. The molecule has 26 heavy (non-hydrogen) atoms. The standard InChI is InChI=1S/C18H19N5O3/c1-3-4-11-23-16(24)10-9-15(21-23)18(25)20-14-8-6-5-7-13(14)17-19-12(2)26-22-17/h5-10H,3-4,11H2,1-2H3,(H,20,25). The molecule has 134 valence electrons. The van der Waals surface area contributed by atoms with Crippen molar-refractivity contribution in [2.45, 2.75) is 33.2 Å². The zero-order valence-corrected chi connectivity index (χ0v) is 14.6. The average Bonchev–Trinajstić information content (AvgIpc) is 3.07. The third kappa shape index (κ3) is 3.85. The van der Waals surface area contributed by atoms with E-state index in [1.165, 1.54) is 16.8 Å². The number of anilines is 1. The third-order valence-corrected chi connectivity index (χ3v) is 3.77. The lowest BCUT2D eigenvalue weighted by atomic mass is 10.1. The summed E-state index contributed by atoms with van der Waals surface area (Å²) in [6.07, 6.45) is 1.75. The highest BCUT2D eigenvalue weighted by Gasteiger charge is 2.15. The summed E-state index contributed by atoms with van der Waals surface area (Å²) in [7, 11) is 0. The number of benzene rings is 1. The van der Waals surface area contributed by atoms with Gasteiger partial charge in [0.1, 0.15) is 5.69 Å². The van der Waals surface area contributed by atoms with Crippen LogP contribution in [0, 0.1) is 6.92 Å². The Hall–Kier alpha value is -3.29. The SMILES string of the molecule is CCCCn1nc(C(=O)Nc2ccccc2-c2noc(C)n2)ccc1=O. The molecular weight excluding hydrogens is 334 g/mol. The maximum atomic E-state index is 12.6. The number of unbranched alkanes of at least 4 members (excludes halogenated alkanes) is 1. The summed E-state index contributed by atoms with van der Waals surface area (Å²) in [5.74, 6) is 0.410. The number of carbonyl (C=O) groups excluding carboxylic acids is 1. The predicted octanol–water partition coefficient (Wildman–Crippen LogP) is 2.65. The smallest absolute Gasteiger partial charge is 0.276 e. The molecule has 1 aromatic carbocycles. The summed E-state index contributed by atoms with van der Waals surface area (Å²) in [6, 6.07) is 9.91. The maximum absolute atomic E-state index is 12.6. The van der Waals surface area contributed by atoms with E-state index < -0.39 is 5.91 Å². The molecule has 1 amide bonds. The first-order valence-corrected chi connectivity index (χ1v) is 8.37. The number of nitrogens with zero attached hydrogens (tertiary/aromatic N) is 4. The number of hydrogen-bond acceptors (Lipinski definition) is 6. The highest BCUT2D eigenvalue weighted by molar-refractivity contribution is 6.04. The van der Waals surface area contributed by atoms with Gasteiger partial charge in [0.15, 0.2) is 0 Å². The summed E-state index contributed by atoms with van der Waals surface area (Å²) in [6.45, 7) is 4.20. The fourth-order valence-electron chi connectivity index (χ4n) is 2.42. The first-order chi connectivity index (χ1) is 12.6. The molecule has 0 aliphatic heterocycles. The predicted molar refractivity (Wildman–Crippen MR) is 95.8 cm³/mol. The molecule has 0 radical (unpaired) electrons. The van der Waals surface area contributed by atoms with Gasteiger partial charge in [-0.1, -0.05) is 30.6 Å². The molecule has 1 N–H and O–H groups in total. The van der Waals surface area contributed by atoms with Gasteiger partial charge < -0.3 is 9.84 Å². The molecule has 3 rings (SSSR count). The highest BCUT2D eigenvalue weighted by atomic mass is 16.5. The van der Waals surface area contributed by atoms with Crippen LogP contribution in [0.3, 0.4) is 0 Å². The lowest BCUT2D eigenvalue weighted by Gasteiger charge is -2.09. The Morgan fingerprint density at radius 2 is 2.04 bits per heavy atom. The minimum absolute atomic E-state index is 0.166. The Morgan fingerprint density at radius 3 is 2.77 bits per heavy atom. The molecule has 8 nitrogen and oxygen atoms in total. The highest BCUT2D eigenvalue weighted by Crippen LogP contribution is 2.25. The van der Waals surface area contributed by atoms with E-state index in [1.54, 1.807) is 25.1 Å². The van der Waals surface area contributed by atoms with Crippen molar-refractivity contribution in [2.24, 2.45) is 0 Å². The Balaban J connectivity index is 1.86. The van der Waals surface area contributed by atoms with Crippen LogP contribution >= 0.6 is 0 Å². The van der Waals surface area contributed by atoms with Gasteiger partial charge in [0, 0.05) is 25.1 Å². The molecule has 0 fully saturated rings. The quantitative estimate of drug-likeness (QED) is 0.731. The van der Waals surface area contributed by atoms with E-state index in [0.717, 1.165) is 12.8 Å². The van der Waals surface area contributed by atoms with Crippen molar-refractivity contribution >= 4 is 11.6 Å². The average molecular weight is 353 g/mol. The van der Waals surface area contributed by atoms with Gasteiger partial charge in [-0.25, -0.2) is 4.68 Å². The van der Waals surface area contributed by atoms with Gasteiger partial charge in [-0.2, -0.15) is 10.1 Å². The Bertz CT molecular complexity index is 977. The monoisotopic (exact) mass is 353 g/mol. The van der Waals surface area contributed by atoms with Crippen LogP contribution in [0.4, 0.5) is 5.69 Å². The van der Waals surface area contributed by atoms with Crippen LogP contribution in [0.5, 0.6) is 0 Å². The number of carbonyl (C=O) groups is 1. The molecule has 0 atom stereocenters. The molecule has 3 aromatic rings. The zero-order valence-electron chi connectivity index (χ0n) is 14.6. The number of hydrogen-bond donors (Lipinski definition) is 1. The lowest BCUT2D eigenvalue weighted by molar-refractivity contribution is 0.102. The number of nitrogens with one attached hydrogen (secondary N) is 1. The molecule has 0 spiro atoms. The second-order valence-electron chi connectivity index (χ2n) is 5.77. The molecule has 0 unspecified atom stereocenters. The van der Waals surface area contributed by atoms with Crippen molar-refractivity contribution in [3.05, 3.63) is 58.3 Å². The molecule has 2 aromatic heterocycles. The minimum atomic E-state index is -0.414. The molecule has 0 saturated carbocycles. The van der Waals surface area contributed by atoms with Crippen LogP contribution in [0.2, 0.25) is 0 Å². The summed E-state index contributed by atoms with van der Waals surface area (Å²) in [4.78, 5) is 28.6. The van der Waals surface area contributed by atoms with Gasteiger partial charge in [0.2, 0.25) is 11.7 Å².